The molecule has 0 unspecified atom stereocenters. The average Bonchev–Trinajstić information content (AvgIpc) is 2.83. The number of nitrogens with zero attached hydrogens (tertiary/aromatic N) is 4. The van der Waals surface area contributed by atoms with Crippen LogP contribution in [0.5, 0.6) is 0 Å². The third-order valence-electron chi connectivity index (χ3n) is 6.76. The molecule has 2 aliphatic rings. The molecule has 2 aromatic rings. The Hall–Kier alpha value is -4.07. The Morgan fingerprint density at radius 2 is 1.59 bits per heavy atom. The second kappa shape index (κ2) is 10.2. The van der Waals surface area contributed by atoms with Crippen molar-refractivity contribution in [1.82, 2.24) is 14.7 Å². The Morgan fingerprint density at radius 3 is 2.13 bits per heavy atom. The second-order valence-electron chi connectivity index (χ2n) is 10.8. The minimum atomic E-state index is -4.49. The number of carbonyl (C=O) groups excluding carboxylic acids is 3. The van der Waals surface area contributed by atoms with Gasteiger partial charge in [-0.15, -0.1) is 0 Å². The van der Waals surface area contributed by atoms with Crippen LogP contribution in [0.3, 0.4) is 0 Å². The van der Waals surface area contributed by atoms with Gasteiger partial charge in [0.25, 0.3) is 5.91 Å². The summed E-state index contributed by atoms with van der Waals surface area (Å²) in [5.74, 6) is -0.694. The fourth-order valence-corrected chi connectivity index (χ4v) is 4.73. The SMILES string of the molecule is CC(C)(C)OC(=O)N1CC2(C1)C(=O)N(CCc1ccc(C#N)cc1)CC(=O)N2Cc1ccc(C(F)(F)F)cc1. The number of nitriles is 1. The van der Waals surface area contributed by atoms with Crippen molar-refractivity contribution in [2.75, 3.05) is 26.2 Å². The lowest BCUT2D eigenvalue weighted by molar-refractivity contribution is -0.178. The third-order valence-corrected chi connectivity index (χ3v) is 6.76. The second-order valence-corrected chi connectivity index (χ2v) is 10.8. The van der Waals surface area contributed by atoms with Gasteiger partial charge in [-0.25, -0.2) is 4.79 Å². The van der Waals surface area contributed by atoms with Crippen LogP contribution in [0.2, 0.25) is 0 Å². The Bertz CT molecular complexity index is 1290. The minimum Gasteiger partial charge on any atom is -0.444 e. The van der Waals surface area contributed by atoms with Gasteiger partial charge in [0.2, 0.25) is 5.91 Å². The maximum absolute atomic E-state index is 13.8. The molecule has 1 spiro atoms. The highest BCUT2D eigenvalue weighted by atomic mass is 19.4. The molecule has 2 aliphatic heterocycles. The predicted molar refractivity (Wildman–Crippen MR) is 134 cm³/mol. The highest BCUT2D eigenvalue weighted by Crippen LogP contribution is 2.36. The highest BCUT2D eigenvalue weighted by Gasteiger charge is 2.61. The smallest absolute Gasteiger partial charge is 0.416 e. The number of hydrogen-bond donors (Lipinski definition) is 0. The van der Waals surface area contributed by atoms with E-state index < -0.39 is 29.0 Å². The molecule has 0 saturated carbocycles. The highest BCUT2D eigenvalue weighted by molar-refractivity contribution is 6.00. The van der Waals surface area contributed by atoms with Crippen molar-refractivity contribution >= 4 is 17.9 Å². The molecular weight excluding hydrogens is 513 g/mol. The van der Waals surface area contributed by atoms with Gasteiger partial charge in [-0.05, 0) is 62.6 Å². The van der Waals surface area contributed by atoms with Crippen molar-refractivity contribution in [3.8, 4) is 6.07 Å². The monoisotopic (exact) mass is 542 g/mol. The van der Waals surface area contributed by atoms with Gasteiger partial charge in [0.1, 0.15) is 5.60 Å². The van der Waals surface area contributed by atoms with E-state index in [1.54, 1.807) is 45.0 Å². The standard InChI is InChI=1S/C28H29F3N4O4/c1-26(2,3)39-25(38)34-17-27(18-34)24(37)33(13-12-19-4-6-20(14-32)7-5-19)16-23(36)35(27)15-21-8-10-22(11-9-21)28(29,30)31/h4-11H,12-13,15-18H2,1-3H3. The Balaban J connectivity index is 1.55. The molecule has 206 valence electrons. The zero-order chi connectivity index (χ0) is 28.6. The van der Waals surface area contributed by atoms with E-state index in [1.807, 2.05) is 6.07 Å². The first-order valence-corrected chi connectivity index (χ1v) is 12.4. The number of piperazine rings is 1. The van der Waals surface area contributed by atoms with Crippen molar-refractivity contribution in [2.45, 2.75) is 51.1 Å². The lowest BCUT2D eigenvalue weighted by Crippen LogP contribution is -2.81. The largest absolute Gasteiger partial charge is 0.444 e. The summed E-state index contributed by atoms with van der Waals surface area (Å²) in [4.78, 5) is 44.0. The van der Waals surface area contributed by atoms with Crippen LogP contribution in [0.25, 0.3) is 0 Å². The molecule has 8 nitrogen and oxygen atoms in total. The van der Waals surface area contributed by atoms with Gasteiger partial charge >= 0.3 is 12.3 Å². The number of halogens is 3. The molecule has 39 heavy (non-hydrogen) atoms. The molecule has 2 fully saturated rings. The summed E-state index contributed by atoms with van der Waals surface area (Å²) in [6.07, 6.45) is -4.65. The molecule has 2 aromatic carbocycles. The van der Waals surface area contributed by atoms with Crippen LogP contribution in [0.15, 0.2) is 48.5 Å². The summed E-state index contributed by atoms with van der Waals surface area (Å²) in [7, 11) is 0. The van der Waals surface area contributed by atoms with Gasteiger partial charge in [-0.2, -0.15) is 18.4 Å². The maximum atomic E-state index is 13.8. The van der Waals surface area contributed by atoms with Crippen molar-refractivity contribution in [3.05, 3.63) is 70.8 Å². The lowest BCUT2D eigenvalue weighted by Gasteiger charge is -2.57. The third kappa shape index (κ3) is 6.00. The number of carbonyl (C=O) groups is 3. The number of amides is 3. The zero-order valence-corrected chi connectivity index (χ0v) is 21.9. The van der Waals surface area contributed by atoms with Crippen molar-refractivity contribution in [3.63, 3.8) is 0 Å². The number of hydrogen-bond acceptors (Lipinski definition) is 5. The molecule has 4 rings (SSSR count). The van der Waals surface area contributed by atoms with Crippen LogP contribution < -0.4 is 0 Å². The van der Waals surface area contributed by atoms with E-state index in [0.717, 1.165) is 17.7 Å². The predicted octanol–water partition coefficient (Wildman–Crippen LogP) is 3.98. The molecule has 11 heteroatoms. The fourth-order valence-electron chi connectivity index (χ4n) is 4.73. The molecule has 2 saturated heterocycles. The van der Waals surface area contributed by atoms with E-state index in [0.29, 0.717) is 17.5 Å². The molecule has 3 amide bonds. The molecule has 0 atom stereocenters. The zero-order valence-electron chi connectivity index (χ0n) is 21.9. The Kier molecular flexibility index (Phi) is 7.34. The summed E-state index contributed by atoms with van der Waals surface area (Å²) in [6, 6.07) is 13.4. The number of likely N-dealkylation sites (tertiary alicyclic amines) is 1. The minimum absolute atomic E-state index is 0.0751. The molecule has 0 N–H and O–H groups in total. The summed E-state index contributed by atoms with van der Waals surface area (Å²) in [6.45, 7) is 4.98. The van der Waals surface area contributed by atoms with Gasteiger partial charge < -0.3 is 19.4 Å². The summed E-state index contributed by atoms with van der Waals surface area (Å²) in [5, 5.41) is 8.99. The summed E-state index contributed by atoms with van der Waals surface area (Å²) in [5.41, 5.74) is -1.07. The Labute approximate surface area is 224 Å². The van der Waals surface area contributed by atoms with Crippen molar-refractivity contribution < 1.29 is 32.3 Å². The van der Waals surface area contributed by atoms with Crippen molar-refractivity contribution in [2.24, 2.45) is 0 Å². The topological polar surface area (TPSA) is 94.0 Å². The van der Waals surface area contributed by atoms with Gasteiger partial charge in [0, 0.05) is 13.1 Å². The molecule has 0 aliphatic carbocycles. The number of benzene rings is 2. The van der Waals surface area contributed by atoms with E-state index in [4.69, 9.17) is 10.00 Å². The molecule has 2 heterocycles. The first kappa shape index (κ1) is 28.0. The lowest BCUT2D eigenvalue weighted by atomic mass is 9.83. The van der Waals surface area contributed by atoms with Crippen LogP contribution in [-0.4, -0.2) is 69.9 Å². The first-order chi connectivity index (χ1) is 18.2. The van der Waals surface area contributed by atoms with E-state index in [-0.39, 0.29) is 44.5 Å². The van der Waals surface area contributed by atoms with Crippen LogP contribution in [0.4, 0.5) is 18.0 Å². The number of rotatable bonds is 5. The maximum Gasteiger partial charge on any atom is 0.416 e. The number of alkyl halides is 3. The molecule has 0 radical (unpaired) electrons. The van der Waals surface area contributed by atoms with Crippen molar-refractivity contribution in [1.29, 1.82) is 5.26 Å². The molecule has 0 aromatic heterocycles. The van der Waals surface area contributed by atoms with Gasteiger partial charge in [-0.1, -0.05) is 24.3 Å². The Morgan fingerprint density at radius 1 is 1.00 bits per heavy atom. The van der Waals surface area contributed by atoms with Crippen LogP contribution in [0, 0.1) is 11.3 Å². The summed E-state index contributed by atoms with van der Waals surface area (Å²) < 4.78 is 44.5. The van der Waals surface area contributed by atoms with E-state index >= 15 is 0 Å². The van der Waals surface area contributed by atoms with E-state index in [9.17, 15) is 27.6 Å². The van der Waals surface area contributed by atoms with E-state index in [2.05, 4.69) is 0 Å². The van der Waals surface area contributed by atoms with E-state index in [1.165, 1.54) is 26.8 Å². The molecular formula is C28H29F3N4O4. The summed E-state index contributed by atoms with van der Waals surface area (Å²) >= 11 is 0. The fraction of sp³-hybridized carbons (Fsp3) is 0.429. The van der Waals surface area contributed by atoms with Gasteiger partial charge in [0.15, 0.2) is 5.54 Å². The van der Waals surface area contributed by atoms with Crippen LogP contribution in [-0.2, 0) is 33.5 Å². The first-order valence-electron chi connectivity index (χ1n) is 12.4. The van der Waals surface area contributed by atoms with Crippen LogP contribution in [0.1, 0.15) is 43.0 Å². The average molecular weight is 543 g/mol. The molecule has 0 bridgehead atoms. The normalized spacial score (nSPS) is 17.2. The quantitative estimate of drug-likeness (QED) is 0.570. The van der Waals surface area contributed by atoms with Crippen LogP contribution >= 0.6 is 0 Å². The van der Waals surface area contributed by atoms with Gasteiger partial charge in [0.05, 0.1) is 36.8 Å². The number of ether oxygens (including phenoxy) is 1. The van der Waals surface area contributed by atoms with Gasteiger partial charge in [-0.3, -0.25) is 9.59 Å².